The number of carbonyl (C=O) groups is 4. The molecule has 4 rings (SSSR count). The molecule has 12 nitrogen and oxygen atoms in total. The molecule has 216 valence electrons. The van der Waals surface area contributed by atoms with E-state index >= 15 is 0 Å². The lowest BCUT2D eigenvalue weighted by atomic mass is 10.0. The monoisotopic (exact) mass is 619 g/mol. The number of tetrazole rings is 1. The first-order valence-electron chi connectivity index (χ1n) is 12.6. The number of benzene rings is 2. The van der Waals surface area contributed by atoms with Crippen molar-refractivity contribution in [2.45, 2.75) is 31.3 Å². The lowest BCUT2D eigenvalue weighted by molar-refractivity contribution is -0.146. The van der Waals surface area contributed by atoms with Crippen molar-refractivity contribution in [1.29, 1.82) is 0 Å². The number of hydrogen-bond acceptors (Lipinski definition) is 9. The summed E-state index contributed by atoms with van der Waals surface area (Å²) >= 11 is 13.8. The van der Waals surface area contributed by atoms with Gasteiger partial charge >= 0.3 is 5.97 Å². The number of hydrogen-bond donors (Lipinski definition) is 3. The molecule has 2 aromatic carbocycles. The van der Waals surface area contributed by atoms with Crippen LogP contribution in [0, 0.1) is 0 Å². The first-order chi connectivity index (χ1) is 19.8. The number of carbonyl (C=O) groups excluding carboxylic acids is 4. The Morgan fingerprint density at radius 3 is 2.54 bits per heavy atom. The minimum atomic E-state index is -0.987. The molecule has 2 heterocycles. The Kier molecular flexibility index (Phi) is 10.6. The Hall–Kier alpha value is -3.68. The van der Waals surface area contributed by atoms with Crippen LogP contribution < -0.4 is 10.6 Å². The highest BCUT2D eigenvalue weighted by Crippen LogP contribution is 2.25. The van der Waals surface area contributed by atoms with E-state index in [4.69, 9.17) is 27.9 Å². The average molecular weight is 621 g/mol. The number of ether oxygens (including phenoxy) is 1. The van der Waals surface area contributed by atoms with Crippen LogP contribution in [-0.4, -0.2) is 86.5 Å². The number of halogens is 2. The molecule has 0 saturated carbocycles. The Labute approximate surface area is 249 Å². The standard InChI is InChI=1S/C26H27Cl2N7O5S/c1-40-26(39)19(13-15-5-7-16(8-6-15)29-25(38)23-17(27)3-2-4-18(23)28)30-24(37)20-14-41-12-11-35(20)22(36)10-9-21-31-33-34-32-21/h2-8,19-20H,9-14H2,1H3,(H,29,38)(H,30,37)(H,31,32,33,34)/t19-,20-/m0/s1. The second-order valence-electron chi connectivity index (χ2n) is 9.06. The van der Waals surface area contributed by atoms with Gasteiger partial charge in [0.15, 0.2) is 0 Å². The molecular weight excluding hydrogens is 593 g/mol. The van der Waals surface area contributed by atoms with Crippen LogP contribution in [0.25, 0.3) is 0 Å². The summed E-state index contributed by atoms with van der Waals surface area (Å²) in [7, 11) is 1.24. The predicted octanol–water partition coefficient (Wildman–Crippen LogP) is 2.54. The molecule has 1 fully saturated rings. The summed E-state index contributed by atoms with van der Waals surface area (Å²) in [6.07, 6.45) is 0.586. The number of esters is 1. The van der Waals surface area contributed by atoms with Crippen LogP contribution in [0.4, 0.5) is 5.69 Å². The van der Waals surface area contributed by atoms with E-state index in [0.717, 1.165) is 0 Å². The van der Waals surface area contributed by atoms with Gasteiger partial charge < -0.3 is 20.3 Å². The first kappa shape index (κ1) is 30.3. The zero-order valence-electron chi connectivity index (χ0n) is 21.9. The van der Waals surface area contributed by atoms with E-state index in [9.17, 15) is 19.2 Å². The van der Waals surface area contributed by atoms with Crippen LogP contribution in [0.5, 0.6) is 0 Å². The van der Waals surface area contributed by atoms with Crippen molar-refractivity contribution >= 4 is 64.3 Å². The SMILES string of the molecule is COC(=O)[C@H](Cc1ccc(NC(=O)c2c(Cl)cccc2Cl)cc1)NC(=O)[C@@H]1CSCCN1C(=O)CCc1nnn[nH]1. The van der Waals surface area contributed by atoms with E-state index in [2.05, 4.69) is 31.3 Å². The molecule has 2 atom stereocenters. The fourth-order valence-corrected chi connectivity index (χ4v) is 5.86. The second-order valence-corrected chi connectivity index (χ2v) is 11.0. The third kappa shape index (κ3) is 7.96. The summed E-state index contributed by atoms with van der Waals surface area (Å²) in [5.41, 5.74) is 1.36. The minimum absolute atomic E-state index is 0.134. The van der Waals surface area contributed by atoms with Gasteiger partial charge in [-0.1, -0.05) is 41.4 Å². The molecule has 0 aliphatic carbocycles. The number of H-pyrrole nitrogens is 1. The number of nitrogens with one attached hydrogen (secondary N) is 3. The maximum absolute atomic E-state index is 13.3. The predicted molar refractivity (Wildman–Crippen MR) is 154 cm³/mol. The normalized spacial score (nSPS) is 15.6. The van der Waals surface area contributed by atoms with Crippen molar-refractivity contribution in [1.82, 2.24) is 30.8 Å². The van der Waals surface area contributed by atoms with E-state index in [1.807, 2.05) is 0 Å². The maximum Gasteiger partial charge on any atom is 0.328 e. The molecule has 0 unspecified atom stereocenters. The van der Waals surface area contributed by atoms with E-state index in [-0.39, 0.29) is 34.4 Å². The molecule has 1 aliphatic rings. The molecular formula is C26H27Cl2N7O5S. The number of aryl methyl sites for hydroxylation is 1. The summed E-state index contributed by atoms with van der Waals surface area (Å²) in [4.78, 5) is 53.0. The molecule has 3 aromatic rings. The van der Waals surface area contributed by atoms with Crippen molar-refractivity contribution in [2.75, 3.05) is 30.5 Å². The lowest BCUT2D eigenvalue weighted by Crippen LogP contribution is -2.57. The van der Waals surface area contributed by atoms with Crippen LogP contribution in [0.1, 0.15) is 28.2 Å². The van der Waals surface area contributed by atoms with Gasteiger partial charge in [0.05, 0.1) is 22.7 Å². The van der Waals surface area contributed by atoms with Gasteiger partial charge in [-0.15, -0.1) is 5.10 Å². The van der Waals surface area contributed by atoms with Crippen LogP contribution in [0.3, 0.4) is 0 Å². The van der Waals surface area contributed by atoms with Crippen LogP contribution in [0.2, 0.25) is 10.0 Å². The Morgan fingerprint density at radius 2 is 1.88 bits per heavy atom. The van der Waals surface area contributed by atoms with Gasteiger partial charge in [-0.25, -0.2) is 9.89 Å². The highest BCUT2D eigenvalue weighted by atomic mass is 35.5. The van der Waals surface area contributed by atoms with Crippen molar-refractivity contribution in [3.8, 4) is 0 Å². The quantitative estimate of drug-likeness (QED) is 0.290. The summed E-state index contributed by atoms with van der Waals surface area (Å²) in [5, 5.41) is 19.4. The number of rotatable bonds is 10. The van der Waals surface area contributed by atoms with Gasteiger partial charge in [0.25, 0.3) is 5.91 Å². The molecule has 15 heteroatoms. The molecule has 41 heavy (non-hydrogen) atoms. The number of methoxy groups -OCH3 is 1. The van der Waals surface area contributed by atoms with Crippen molar-refractivity contribution in [2.24, 2.45) is 0 Å². The molecule has 0 radical (unpaired) electrons. The molecule has 1 aliphatic heterocycles. The highest BCUT2D eigenvalue weighted by molar-refractivity contribution is 7.99. The van der Waals surface area contributed by atoms with Crippen molar-refractivity contribution in [3.05, 3.63) is 69.5 Å². The maximum atomic E-state index is 13.3. The van der Waals surface area contributed by atoms with Crippen LogP contribution in [0.15, 0.2) is 42.5 Å². The molecule has 0 spiro atoms. The van der Waals surface area contributed by atoms with Crippen molar-refractivity contribution < 1.29 is 23.9 Å². The molecule has 3 amide bonds. The number of thioether (sulfide) groups is 1. The van der Waals surface area contributed by atoms with Gasteiger partial charge in [-0.3, -0.25) is 14.4 Å². The van der Waals surface area contributed by atoms with Crippen molar-refractivity contribution in [3.63, 3.8) is 0 Å². The van der Waals surface area contributed by atoms with Gasteiger partial charge in [-0.05, 0) is 40.3 Å². The first-order valence-corrected chi connectivity index (χ1v) is 14.5. The zero-order valence-corrected chi connectivity index (χ0v) is 24.3. The minimum Gasteiger partial charge on any atom is -0.467 e. The summed E-state index contributed by atoms with van der Waals surface area (Å²) in [6, 6.07) is 9.83. The Balaban J connectivity index is 1.39. The fraction of sp³-hybridized carbons (Fsp3) is 0.346. The van der Waals surface area contributed by atoms with Crippen LogP contribution in [-0.2, 0) is 32.0 Å². The van der Waals surface area contributed by atoms with E-state index in [1.165, 1.54) is 12.0 Å². The highest BCUT2D eigenvalue weighted by Gasteiger charge is 2.34. The van der Waals surface area contributed by atoms with Gasteiger partial charge in [0, 0.05) is 43.0 Å². The third-order valence-corrected chi connectivity index (χ3v) is 8.01. The largest absolute Gasteiger partial charge is 0.467 e. The number of nitrogens with zero attached hydrogens (tertiary/aromatic N) is 4. The number of aromatic amines is 1. The fourth-order valence-electron chi connectivity index (χ4n) is 4.24. The van der Waals surface area contributed by atoms with Crippen LogP contribution >= 0.6 is 35.0 Å². The number of aromatic nitrogens is 4. The zero-order chi connectivity index (χ0) is 29.4. The Bertz CT molecular complexity index is 1370. The Morgan fingerprint density at radius 1 is 1.15 bits per heavy atom. The van der Waals surface area contributed by atoms with Gasteiger partial charge in [-0.2, -0.15) is 11.8 Å². The number of anilines is 1. The van der Waals surface area contributed by atoms with E-state index < -0.39 is 29.9 Å². The summed E-state index contributed by atoms with van der Waals surface area (Å²) in [6.45, 7) is 0.408. The summed E-state index contributed by atoms with van der Waals surface area (Å²) < 4.78 is 4.93. The average Bonchev–Trinajstić information content (AvgIpc) is 3.50. The summed E-state index contributed by atoms with van der Waals surface area (Å²) in [5.74, 6) is -0.146. The molecule has 1 saturated heterocycles. The number of amides is 3. The third-order valence-electron chi connectivity index (χ3n) is 6.36. The van der Waals surface area contributed by atoms with Gasteiger partial charge in [0.2, 0.25) is 11.8 Å². The molecule has 3 N–H and O–H groups in total. The second kappa shape index (κ2) is 14.3. The lowest BCUT2D eigenvalue weighted by Gasteiger charge is -2.35. The smallest absolute Gasteiger partial charge is 0.328 e. The molecule has 1 aromatic heterocycles. The molecule has 0 bridgehead atoms. The van der Waals surface area contributed by atoms with E-state index in [1.54, 1.807) is 54.2 Å². The van der Waals surface area contributed by atoms with E-state index in [0.29, 0.717) is 41.5 Å². The van der Waals surface area contributed by atoms with Gasteiger partial charge in [0.1, 0.15) is 17.9 Å². The topological polar surface area (TPSA) is 159 Å².